The Hall–Kier alpha value is -3.06. The normalized spacial score (nSPS) is 13.8. The monoisotopic (exact) mass is 522 g/mol. The molecule has 37 heavy (non-hydrogen) atoms. The molecule has 3 aromatic rings. The van der Waals surface area contributed by atoms with Crippen LogP contribution in [0.1, 0.15) is 27.9 Å². The highest BCUT2D eigenvalue weighted by Crippen LogP contribution is 2.32. The third kappa shape index (κ3) is 7.96. The Kier molecular flexibility index (Phi) is 10.2. The summed E-state index contributed by atoms with van der Waals surface area (Å²) in [5.74, 6) is 1.32. The standard InChI is InChI=1S/C30H35ClN2O4/c1-35-28-10-5-9-26(29(28)37-20-6-16-32-18-21-36-22-19-32)23-33(17-15-24-7-3-2-4-8-24)30(34)25-11-13-27(31)14-12-25/h2-5,7-14H,6,15-23H2,1H3. The predicted molar refractivity (Wildman–Crippen MR) is 147 cm³/mol. The molecule has 0 aromatic heterocycles. The summed E-state index contributed by atoms with van der Waals surface area (Å²) in [5.41, 5.74) is 2.70. The van der Waals surface area contributed by atoms with Gasteiger partial charge in [-0.3, -0.25) is 9.69 Å². The fourth-order valence-electron chi connectivity index (χ4n) is 4.44. The Morgan fingerprint density at radius 2 is 1.76 bits per heavy atom. The number of carbonyl (C=O) groups is 1. The molecule has 1 fully saturated rings. The Bertz CT molecular complexity index is 1120. The van der Waals surface area contributed by atoms with Gasteiger partial charge in [-0.1, -0.05) is 54.1 Å². The number of nitrogens with zero attached hydrogens (tertiary/aromatic N) is 2. The Labute approximate surface area is 224 Å². The van der Waals surface area contributed by atoms with Crippen molar-refractivity contribution in [2.24, 2.45) is 0 Å². The summed E-state index contributed by atoms with van der Waals surface area (Å²) < 4.78 is 17.3. The topological polar surface area (TPSA) is 51.2 Å². The summed E-state index contributed by atoms with van der Waals surface area (Å²) >= 11 is 6.07. The lowest BCUT2D eigenvalue weighted by atomic mass is 10.1. The van der Waals surface area contributed by atoms with Crippen molar-refractivity contribution in [3.8, 4) is 11.5 Å². The molecule has 4 rings (SSSR count). The van der Waals surface area contributed by atoms with Gasteiger partial charge in [0.1, 0.15) is 0 Å². The molecule has 1 aliphatic rings. The minimum Gasteiger partial charge on any atom is -0.493 e. The first kappa shape index (κ1) is 27.0. The van der Waals surface area contributed by atoms with E-state index in [0.717, 1.165) is 51.3 Å². The zero-order valence-corrected chi connectivity index (χ0v) is 22.2. The molecule has 7 heteroatoms. The van der Waals surface area contributed by atoms with Gasteiger partial charge in [0.2, 0.25) is 0 Å². The minimum absolute atomic E-state index is 0.0475. The van der Waals surface area contributed by atoms with Gasteiger partial charge < -0.3 is 19.1 Å². The van der Waals surface area contributed by atoms with Gasteiger partial charge in [0.05, 0.1) is 26.9 Å². The maximum Gasteiger partial charge on any atom is 0.254 e. The summed E-state index contributed by atoms with van der Waals surface area (Å²) in [6, 6.07) is 23.1. The van der Waals surface area contributed by atoms with Crippen LogP contribution >= 0.6 is 11.6 Å². The molecule has 0 spiro atoms. The number of hydrogen-bond acceptors (Lipinski definition) is 5. The average molecular weight is 523 g/mol. The van der Waals surface area contributed by atoms with Crippen molar-refractivity contribution in [1.82, 2.24) is 9.80 Å². The van der Waals surface area contributed by atoms with Gasteiger partial charge >= 0.3 is 0 Å². The van der Waals surface area contributed by atoms with E-state index < -0.39 is 0 Å². The van der Waals surface area contributed by atoms with Crippen LogP contribution in [0.3, 0.4) is 0 Å². The van der Waals surface area contributed by atoms with Crippen LogP contribution < -0.4 is 9.47 Å². The number of halogens is 1. The van der Waals surface area contributed by atoms with E-state index in [1.54, 1.807) is 31.4 Å². The van der Waals surface area contributed by atoms with Crippen LogP contribution in [-0.4, -0.2) is 68.8 Å². The van der Waals surface area contributed by atoms with Crippen LogP contribution in [0, 0.1) is 0 Å². The molecule has 6 nitrogen and oxygen atoms in total. The average Bonchev–Trinajstić information content (AvgIpc) is 2.95. The van der Waals surface area contributed by atoms with Crippen LogP contribution in [0.15, 0.2) is 72.8 Å². The molecule has 1 heterocycles. The Morgan fingerprint density at radius 1 is 1.00 bits per heavy atom. The van der Waals surface area contributed by atoms with E-state index in [-0.39, 0.29) is 5.91 Å². The maximum atomic E-state index is 13.6. The van der Waals surface area contributed by atoms with E-state index in [0.29, 0.717) is 41.8 Å². The van der Waals surface area contributed by atoms with Crippen LogP contribution in [0.5, 0.6) is 11.5 Å². The van der Waals surface area contributed by atoms with E-state index in [2.05, 4.69) is 17.0 Å². The zero-order chi connectivity index (χ0) is 25.9. The van der Waals surface area contributed by atoms with Crippen molar-refractivity contribution in [1.29, 1.82) is 0 Å². The van der Waals surface area contributed by atoms with Gasteiger partial charge in [0, 0.05) is 48.9 Å². The summed E-state index contributed by atoms with van der Waals surface area (Å²) in [6.07, 6.45) is 1.65. The van der Waals surface area contributed by atoms with Crippen molar-refractivity contribution in [3.05, 3.63) is 94.5 Å². The summed E-state index contributed by atoms with van der Waals surface area (Å²) in [6.45, 7) is 6.01. The molecule has 3 aromatic carbocycles. The summed E-state index contributed by atoms with van der Waals surface area (Å²) in [5, 5.41) is 0.605. The van der Waals surface area contributed by atoms with E-state index >= 15 is 0 Å². The minimum atomic E-state index is -0.0475. The van der Waals surface area contributed by atoms with E-state index in [4.69, 9.17) is 25.8 Å². The molecule has 1 amide bonds. The van der Waals surface area contributed by atoms with Gasteiger partial charge in [-0.2, -0.15) is 0 Å². The summed E-state index contributed by atoms with van der Waals surface area (Å²) in [4.78, 5) is 17.8. The number of ether oxygens (including phenoxy) is 3. The van der Waals surface area contributed by atoms with Crippen LogP contribution in [-0.2, 0) is 17.7 Å². The molecule has 0 saturated carbocycles. The number of benzene rings is 3. The van der Waals surface area contributed by atoms with E-state index in [9.17, 15) is 4.79 Å². The predicted octanol–water partition coefficient (Wildman–Crippen LogP) is 5.33. The van der Waals surface area contributed by atoms with E-state index in [1.165, 1.54) is 5.56 Å². The zero-order valence-electron chi connectivity index (χ0n) is 21.4. The highest BCUT2D eigenvalue weighted by atomic mass is 35.5. The van der Waals surface area contributed by atoms with Gasteiger partial charge in [-0.25, -0.2) is 0 Å². The first-order valence-electron chi connectivity index (χ1n) is 12.8. The lowest BCUT2D eigenvalue weighted by Gasteiger charge is -2.27. The first-order chi connectivity index (χ1) is 18.1. The van der Waals surface area contributed by atoms with Crippen LogP contribution in [0.25, 0.3) is 0 Å². The lowest BCUT2D eigenvalue weighted by molar-refractivity contribution is 0.0357. The Morgan fingerprint density at radius 3 is 2.49 bits per heavy atom. The quantitative estimate of drug-likeness (QED) is 0.301. The molecule has 0 N–H and O–H groups in total. The lowest BCUT2D eigenvalue weighted by Crippen LogP contribution is -2.37. The third-order valence-electron chi connectivity index (χ3n) is 6.50. The second-order valence-electron chi connectivity index (χ2n) is 9.07. The van der Waals surface area contributed by atoms with E-state index in [1.807, 2.05) is 41.3 Å². The van der Waals surface area contributed by atoms with Gasteiger partial charge in [0.15, 0.2) is 11.5 Å². The largest absolute Gasteiger partial charge is 0.493 e. The summed E-state index contributed by atoms with van der Waals surface area (Å²) in [7, 11) is 1.64. The smallest absolute Gasteiger partial charge is 0.254 e. The fraction of sp³-hybridized carbons (Fsp3) is 0.367. The van der Waals surface area contributed by atoms with Crippen LogP contribution in [0.2, 0.25) is 5.02 Å². The van der Waals surface area contributed by atoms with Crippen molar-refractivity contribution in [3.63, 3.8) is 0 Å². The molecule has 1 saturated heterocycles. The number of amides is 1. The number of para-hydroxylation sites is 1. The van der Waals surface area contributed by atoms with Gasteiger partial charge in [-0.05, 0) is 48.7 Å². The molecule has 0 aliphatic carbocycles. The second-order valence-corrected chi connectivity index (χ2v) is 9.51. The molecule has 0 atom stereocenters. The second kappa shape index (κ2) is 14.0. The number of hydrogen-bond donors (Lipinski definition) is 0. The van der Waals surface area contributed by atoms with Gasteiger partial charge in [-0.15, -0.1) is 0 Å². The number of rotatable bonds is 12. The molecular weight excluding hydrogens is 488 g/mol. The molecule has 0 unspecified atom stereocenters. The maximum absolute atomic E-state index is 13.6. The molecule has 0 radical (unpaired) electrons. The SMILES string of the molecule is COc1cccc(CN(CCc2ccccc2)C(=O)c2ccc(Cl)cc2)c1OCCCN1CCOCC1. The molecular formula is C30H35ClN2O4. The number of carbonyl (C=O) groups excluding carboxylic acids is 1. The van der Waals surface area contributed by atoms with Crippen LogP contribution in [0.4, 0.5) is 0 Å². The van der Waals surface area contributed by atoms with Crippen molar-refractivity contribution in [2.75, 3.05) is 53.1 Å². The fourth-order valence-corrected chi connectivity index (χ4v) is 4.57. The number of methoxy groups -OCH3 is 1. The van der Waals surface area contributed by atoms with Crippen molar-refractivity contribution in [2.45, 2.75) is 19.4 Å². The Balaban J connectivity index is 1.49. The highest BCUT2D eigenvalue weighted by Gasteiger charge is 2.20. The highest BCUT2D eigenvalue weighted by molar-refractivity contribution is 6.30. The molecule has 196 valence electrons. The first-order valence-corrected chi connectivity index (χ1v) is 13.2. The third-order valence-corrected chi connectivity index (χ3v) is 6.75. The number of morpholine rings is 1. The van der Waals surface area contributed by atoms with Crippen molar-refractivity contribution < 1.29 is 19.0 Å². The van der Waals surface area contributed by atoms with Gasteiger partial charge in [0.25, 0.3) is 5.91 Å². The molecule has 1 aliphatic heterocycles. The van der Waals surface area contributed by atoms with Crippen molar-refractivity contribution >= 4 is 17.5 Å². The molecule has 0 bridgehead atoms.